The van der Waals surface area contributed by atoms with Gasteiger partial charge in [-0.25, -0.2) is 0 Å². The van der Waals surface area contributed by atoms with Crippen molar-refractivity contribution in [1.82, 2.24) is 0 Å². The van der Waals surface area contributed by atoms with E-state index in [1.807, 2.05) is 37.3 Å². The fraction of sp³-hybridized carbons (Fsp3) is 0.357. The summed E-state index contributed by atoms with van der Waals surface area (Å²) in [5.41, 5.74) is 0.104. The van der Waals surface area contributed by atoms with Crippen LogP contribution in [-0.2, 0) is 11.2 Å². The van der Waals surface area contributed by atoms with Crippen molar-refractivity contribution in [1.29, 1.82) is 0 Å². The summed E-state index contributed by atoms with van der Waals surface area (Å²) in [6.07, 6.45) is 7.00. The van der Waals surface area contributed by atoms with Crippen molar-refractivity contribution < 1.29 is 9.90 Å². The molecule has 0 saturated carbocycles. The first-order chi connectivity index (χ1) is 7.64. The first-order valence-electron chi connectivity index (χ1n) is 5.39. The molecule has 2 nitrogen and oxygen atoms in total. The van der Waals surface area contributed by atoms with Gasteiger partial charge in [-0.2, -0.15) is 0 Å². The second-order valence-electron chi connectivity index (χ2n) is 3.87. The van der Waals surface area contributed by atoms with Crippen molar-refractivity contribution in [3.05, 3.63) is 35.9 Å². The number of benzene rings is 1. The van der Waals surface area contributed by atoms with Gasteiger partial charge in [0.2, 0.25) is 0 Å². The van der Waals surface area contributed by atoms with Crippen molar-refractivity contribution in [2.24, 2.45) is 5.41 Å². The second-order valence-corrected chi connectivity index (χ2v) is 3.87. The van der Waals surface area contributed by atoms with E-state index in [9.17, 15) is 4.79 Å². The van der Waals surface area contributed by atoms with Crippen LogP contribution in [0.3, 0.4) is 0 Å². The van der Waals surface area contributed by atoms with Crippen LogP contribution in [0, 0.1) is 17.8 Å². The van der Waals surface area contributed by atoms with Crippen molar-refractivity contribution in [3.8, 4) is 12.3 Å². The maximum Gasteiger partial charge on any atom is 0.321 e. The zero-order valence-electron chi connectivity index (χ0n) is 9.44. The topological polar surface area (TPSA) is 37.3 Å². The third-order valence-corrected chi connectivity index (χ3v) is 2.97. The number of aliphatic carboxylic acids is 1. The SMILES string of the molecule is C#CC(CC)(CCc1ccccc1)C(=O)O. The van der Waals surface area contributed by atoms with Crippen molar-refractivity contribution >= 4 is 5.97 Å². The van der Waals surface area contributed by atoms with E-state index < -0.39 is 11.4 Å². The second kappa shape index (κ2) is 5.37. The first kappa shape index (κ1) is 12.3. The molecule has 1 unspecified atom stereocenters. The predicted octanol–water partition coefficient (Wildman–Crippen LogP) is 2.73. The van der Waals surface area contributed by atoms with Crippen LogP contribution in [0.15, 0.2) is 30.3 Å². The molecule has 0 radical (unpaired) electrons. The van der Waals surface area contributed by atoms with E-state index in [0.717, 1.165) is 5.56 Å². The van der Waals surface area contributed by atoms with Crippen LogP contribution in [0.5, 0.6) is 0 Å². The number of carboxylic acid groups (broad SMARTS) is 1. The Kier molecular flexibility index (Phi) is 4.13. The van der Waals surface area contributed by atoms with E-state index in [1.54, 1.807) is 0 Å². The lowest BCUT2D eigenvalue weighted by molar-refractivity contribution is -0.145. The summed E-state index contributed by atoms with van der Waals surface area (Å²) in [5.74, 6) is 1.54. The van der Waals surface area contributed by atoms with E-state index >= 15 is 0 Å². The zero-order valence-corrected chi connectivity index (χ0v) is 9.44. The van der Waals surface area contributed by atoms with E-state index in [0.29, 0.717) is 19.3 Å². The lowest BCUT2D eigenvalue weighted by atomic mass is 9.80. The zero-order chi connectivity index (χ0) is 12.0. The Balaban J connectivity index is 2.73. The molecule has 0 aromatic heterocycles. The molecule has 84 valence electrons. The fourth-order valence-corrected chi connectivity index (χ4v) is 1.67. The molecule has 1 N–H and O–H groups in total. The summed E-state index contributed by atoms with van der Waals surface area (Å²) in [5, 5.41) is 9.16. The molecular formula is C14H16O2. The Labute approximate surface area is 96.3 Å². The summed E-state index contributed by atoms with van der Waals surface area (Å²) < 4.78 is 0. The summed E-state index contributed by atoms with van der Waals surface area (Å²) in [7, 11) is 0. The minimum absolute atomic E-state index is 0.464. The van der Waals surface area contributed by atoms with Gasteiger partial charge in [-0.1, -0.05) is 43.2 Å². The number of hydrogen-bond acceptors (Lipinski definition) is 1. The molecule has 2 heteroatoms. The molecule has 0 aliphatic heterocycles. The maximum atomic E-state index is 11.2. The Morgan fingerprint density at radius 1 is 1.44 bits per heavy atom. The molecular weight excluding hydrogens is 200 g/mol. The number of hydrogen-bond donors (Lipinski definition) is 1. The monoisotopic (exact) mass is 216 g/mol. The third kappa shape index (κ3) is 2.64. The molecule has 16 heavy (non-hydrogen) atoms. The van der Waals surface area contributed by atoms with Crippen LogP contribution in [0.4, 0.5) is 0 Å². The third-order valence-electron chi connectivity index (χ3n) is 2.97. The van der Waals surface area contributed by atoms with Gasteiger partial charge in [0.05, 0.1) is 0 Å². The average molecular weight is 216 g/mol. The van der Waals surface area contributed by atoms with E-state index in [2.05, 4.69) is 5.92 Å². The van der Waals surface area contributed by atoms with E-state index in [1.165, 1.54) is 0 Å². The normalized spacial score (nSPS) is 13.8. The van der Waals surface area contributed by atoms with Crippen molar-refractivity contribution in [2.45, 2.75) is 26.2 Å². The van der Waals surface area contributed by atoms with Crippen molar-refractivity contribution in [2.75, 3.05) is 0 Å². The van der Waals surface area contributed by atoms with Crippen LogP contribution in [0.1, 0.15) is 25.3 Å². The van der Waals surface area contributed by atoms with Crippen LogP contribution in [-0.4, -0.2) is 11.1 Å². The van der Waals surface area contributed by atoms with Crippen LogP contribution in [0.25, 0.3) is 0 Å². The number of carboxylic acids is 1. The van der Waals surface area contributed by atoms with Gasteiger partial charge >= 0.3 is 5.97 Å². The van der Waals surface area contributed by atoms with Crippen LogP contribution >= 0.6 is 0 Å². The highest BCUT2D eigenvalue weighted by Gasteiger charge is 2.33. The van der Waals surface area contributed by atoms with Gasteiger partial charge < -0.3 is 5.11 Å². The van der Waals surface area contributed by atoms with Crippen LogP contribution < -0.4 is 0 Å². The van der Waals surface area contributed by atoms with Gasteiger partial charge in [0.25, 0.3) is 0 Å². The quantitative estimate of drug-likeness (QED) is 0.768. The molecule has 0 spiro atoms. The Morgan fingerprint density at radius 3 is 2.50 bits per heavy atom. The number of terminal acetylenes is 1. The number of aryl methyl sites for hydroxylation is 1. The molecule has 1 rings (SSSR count). The molecule has 0 bridgehead atoms. The minimum Gasteiger partial charge on any atom is -0.480 e. The maximum absolute atomic E-state index is 11.2. The van der Waals surface area contributed by atoms with E-state index in [4.69, 9.17) is 11.5 Å². The van der Waals surface area contributed by atoms with Gasteiger partial charge in [0.15, 0.2) is 0 Å². The summed E-state index contributed by atoms with van der Waals surface area (Å²) in [6.45, 7) is 1.82. The van der Waals surface area contributed by atoms with Crippen LogP contribution in [0.2, 0.25) is 0 Å². The Morgan fingerprint density at radius 2 is 2.06 bits per heavy atom. The minimum atomic E-state index is -1.02. The Hall–Kier alpha value is -1.75. The highest BCUT2D eigenvalue weighted by atomic mass is 16.4. The van der Waals surface area contributed by atoms with Gasteiger partial charge in [0, 0.05) is 0 Å². The van der Waals surface area contributed by atoms with Gasteiger partial charge in [-0.15, -0.1) is 6.42 Å². The Bertz CT molecular complexity index is 389. The lowest BCUT2D eigenvalue weighted by Gasteiger charge is -2.21. The largest absolute Gasteiger partial charge is 0.480 e. The number of rotatable bonds is 5. The molecule has 0 fully saturated rings. The molecule has 0 heterocycles. The standard InChI is InChI=1S/C14H16O2/c1-3-14(4-2,13(15)16)11-10-12-8-6-5-7-9-12/h1,5-9H,4,10-11H2,2H3,(H,15,16). The molecule has 0 aliphatic rings. The molecule has 1 aromatic rings. The lowest BCUT2D eigenvalue weighted by Crippen LogP contribution is -2.29. The molecule has 1 aromatic carbocycles. The molecule has 1 atom stereocenters. The van der Waals surface area contributed by atoms with Gasteiger partial charge in [-0.05, 0) is 24.8 Å². The summed E-state index contributed by atoms with van der Waals surface area (Å²) in [4.78, 5) is 11.2. The highest BCUT2D eigenvalue weighted by Crippen LogP contribution is 2.27. The van der Waals surface area contributed by atoms with E-state index in [-0.39, 0.29) is 0 Å². The molecule has 0 saturated heterocycles. The average Bonchev–Trinajstić information content (AvgIpc) is 2.32. The highest BCUT2D eigenvalue weighted by molar-refractivity contribution is 5.78. The van der Waals surface area contributed by atoms with Gasteiger partial charge in [0.1, 0.15) is 5.41 Å². The van der Waals surface area contributed by atoms with Crippen molar-refractivity contribution in [3.63, 3.8) is 0 Å². The number of carbonyl (C=O) groups is 1. The summed E-state index contributed by atoms with van der Waals surface area (Å²) in [6, 6.07) is 9.80. The molecule has 0 amide bonds. The van der Waals surface area contributed by atoms with Gasteiger partial charge in [-0.3, -0.25) is 4.79 Å². The smallest absolute Gasteiger partial charge is 0.321 e. The fourth-order valence-electron chi connectivity index (χ4n) is 1.67. The summed E-state index contributed by atoms with van der Waals surface area (Å²) >= 11 is 0. The molecule has 0 aliphatic carbocycles. The predicted molar refractivity (Wildman–Crippen MR) is 64.0 cm³/mol. The first-order valence-corrected chi connectivity index (χ1v) is 5.39.